The normalized spacial score (nSPS) is 14.0. The summed E-state index contributed by atoms with van der Waals surface area (Å²) in [5, 5.41) is 0. The molecule has 0 bridgehead atoms. The van der Waals surface area contributed by atoms with E-state index in [1.54, 1.807) is 0 Å². The van der Waals surface area contributed by atoms with Crippen molar-refractivity contribution in [3.63, 3.8) is 0 Å². The van der Waals surface area contributed by atoms with Gasteiger partial charge in [-0.15, -0.1) is 0 Å². The van der Waals surface area contributed by atoms with E-state index in [0.29, 0.717) is 6.54 Å². The molecule has 4 N–H and O–H groups in total. The highest BCUT2D eigenvalue weighted by molar-refractivity contribution is 5.64. The van der Waals surface area contributed by atoms with Crippen molar-refractivity contribution in [2.75, 3.05) is 6.54 Å². The lowest BCUT2D eigenvalue weighted by Crippen LogP contribution is -2.34. The van der Waals surface area contributed by atoms with Crippen LogP contribution in [0.5, 0.6) is 0 Å². The Morgan fingerprint density at radius 2 is 2.08 bits per heavy atom. The van der Waals surface area contributed by atoms with Crippen molar-refractivity contribution in [3.8, 4) is 0 Å². The third-order valence-electron chi connectivity index (χ3n) is 2.18. The molecule has 0 aliphatic carbocycles. The van der Waals surface area contributed by atoms with Crippen LogP contribution < -0.4 is 11.5 Å². The molecule has 0 aromatic rings. The van der Waals surface area contributed by atoms with Gasteiger partial charge in [0.15, 0.2) is 0 Å². The minimum Gasteiger partial charge on any atom is -0.446 e. The minimum absolute atomic E-state index is 0.107. The third-order valence-corrected chi connectivity index (χ3v) is 2.18. The van der Waals surface area contributed by atoms with Crippen molar-refractivity contribution in [1.82, 2.24) is 0 Å². The van der Waals surface area contributed by atoms with Gasteiger partial charge >= 0.3 is 6.09 Å². The molecule has 0 aromatic heterocycles. The summed E-state index contributed by atoms with van der Waals surface area (Å²) >= 11 is 0. The van der Waals surface area contributed by atoms with Gasteiger partial charge in [0.1, 0.15) is 6.10 Å². The maximum Gasteiger partial charge on any atom is 0.404 e. The predicted octanol–water partition coefficient (Wildman–Crippen LogP) is 0.845. The number of amides is 1. The predicted molar refractivity (Wildman–Crippen MR) is 47.6 cm³/mol. The van der Waals surface area contributed by atoms with Gasteiger partial charge in [-0.05, 0) is 19.9 Å². The van der Waals surface area contributed by atoms with Crippen LogP contribution in [0.1, 0.15) is 27.2 Å². The number of carbonyl (C=O) groups excluding carboxylic acids is 1. The molecule has 0 radical (unpaired) electrons. The van der Waals surface area contributed by atoms with Crippen molar-refractivity contribution in [2.45, 2.75) is 33.3 Å². The molecule has 4 heteroatoms. The smallest absolute Gasteiger partial charge is 0.404 e. The molecule has 0 spiro atoms. The first kappa shape index (κ1) is 11.2. The molecule has 0 aliphatic heterocycles. The Balaban J connectivity index is 4.04. The molecule has 0 saturated heterocycles. The van der Waals surface area contributed by atoms with Gasteiger partial charge in [0.05, 0.1) is 0 Å². The number of carbonyl (C=O) groups is 1. The zero-order valence-corrected chi connectivity index (χ0v) is 7.96. The number of hydrogen-bond acceptors (Lipinski definition) is 3. The molecular formula is C8H18N2O2. The van der Waals surface area contributed by atoms with E-state index in [1.165, 1.54) is 0 Å². The van der Waals surface area contributed by atoms with Crippen molar-refractivity contribution in [3.05, 3.63) is 0 Å². The maximum absolute atomic E-state index is 10.4. The zero-order chi connectivity index (χ0) is 9.78. The van der Waals surface area contributed by atoms with Gasteiger partial charge in [-0.3, -0.25) is 0 Å². The summed E-state index contributed by atoms with van der Waals surface area (Å²) in [6.07, 6.45) is -0.118. The highest BCUT2D eigenvalue weighted by Crippen LogP contribution is 2.26. The summed E-state index contributed by atoms with van der Waals surface area (Å²) < 4.78 is 4.85. The number of ether oxygens (including phenoxy) is 1. The molecule has 1 atom stereocenters. The van der Waals surface area contributed by atoms with Gasteiger partial charge in [0.25, 0.3) is 0 Å². The lowest BCUT2D eigenvalue weighted by Gasteiger charge is -2.30. The van der Waals surface area contributed by atoms with Crippen molar-refractivity contribution < 1.29 is 9.53 Å². The van der Waals surface area contributed by atoms with Gasteiger partial charge in [-0.25, -0.2) is 4.79 Å². The summed E-state index contributed by atoms with van der Waals surface area (Å²) in [5.74, 6) is 0. The monoisotopic (exact) mass is 174 g/mol. The van der Waals surface area contributed by atoms with E-state index in [4.69, 9.17) is 16.2 Å². The lowest BCUT2D eigenvalue weighted by molar-refractivity contribution is 0.0369. The quantitative estimate of drug-likeness (QED) is 0.663. The van der Waals surface area contributed by atoms with Crippen LogP contribution >= 0.6 is 0 Å². The van der Waals surface area contributed by atoms with Crippen LogP contribution in [-0.4, -0.2) is 18.7 Å². The van der Waals surface area contributed by atoms with Crippen LogP contribution in [0.3, 0.4) is 0 Å². The molecule has 0 heterocycles. The molecule has 1 unspecified atom stereocenters. The van der Waals surface area contributed by atoms with Crippen LogP contribution in [0, 0.1) is 5.41 Å². The van der Waals surface area contributed by atoms with Crippen molar-refractivity contribution in [2.24, 2.45) is 16.9 Å². The standard InChI is InChI=1S/C8H18N2O2/c1-6(12-7(10)11)8(2,3)4-5-9/h6H,4-5,9H2,1-3H3,(H2,10,11). The fraction of sp³-hybridized carbons (Fsp3) is 0.875. The van der Waals surface area contributed by atoms with E-state index in [-0.39, 0.29) is 11.5 Å². The number of rotatable bonds is 4. The highest BCUT2D eigenvalue weighted by atomic mass is 16.6. The minimum atomic E-state index is -0.729. The summed E-state index contributed by atoms with van der Waals surface area (Å²) in [4.78, 5) is 10.4. The Hall–Kier alpha value is -0.770. The number of hydrogen-bond donors (Lipinski definition) is 2. The first-order valence-corrected chi connectivity index (χ1v) is 4.06. The van der Waals surface area contributed by atoms with E-state index in [1.807, 2.05) is 20.8 Å². The Labute approximate surface area is 73.2 Å². The van der Waals surface area contributed by atoms with Crippen LogP contribution in [-0.2, 0) is 4.74 Å². The van der Waals surface area contributed by atoms with E-state index >= 15 is 0 Å². The van der Waals surface area contributed by atoms with Gasteiger partial charge in [0.2, 0.25) is 0 Å². The van der Waals surface area contributed by atoms with Gasteiger partial charge in [0, 0.05) is 5.41 Å². The second kappa shape index (κ2) is 4.30. The Morgan fingerprint density at radius 1 is 1.58 bits per heavy atom. The Bertz CT molecular complexity index is 157. The summed E-state index contributed by atoms with van der Waals surface area (Å²) in [5.41, 5.74) is 10.2. The molecule has 1 amide bonds. The highest BCUT2D eigenvalue weighted by Gasteiger charge is 2.27. The second-order valence-electron chi connectivity index (χ2n) is 3.61. The summed E-state index contributed by atoms with van der Waals surface area (Å²) in [7, 11) is 0. The third kappa shape index (κ3) is 3.57. The molecule has 12 heavy (non-hydrogen) atoms. The van der Waals surface area contributed by atoms with Gasteiger partial charge < -0.3 is 16.2 Å². The van der Waals surface area contributed by atoms with Crippen LogP contribution in [0.4, 0.5) is 4.79 Å². The summed E-state index contributed by atoms with van der Waals surface area (Å²) in [6, 6.07) is 0. The number of primary amides is 1. The van der Waals surface area contributed by atoms with Gasteiger partial charge in [-0.2, -0.15) is 0 Å². The van der Waals surface area contributed by atoms with Crippen molar-refractivity contribution in [1.29, 1.82) is 0 Å². The molecule has 72 valence electrons. The SMILES string of the molecule is CC(OC(N)=O)C(C)(C)CCN. The fourth-order valence-corrected chi connectivity index (χ4v) is 0.909. The van der Waals surface area contributed by atoms with Crippen LogP contribution in [0.2, 0.25) is 0 Å². The fourth-order valence-electron chi connectivity index (χ4n) is 0.909. The van der Waals surface area contributed by atoms with Crippen LogP contribution in [0.15, 0.2) is 0 Å². The lowest BCUT2D eigenvalue weighted by atomic mass is 9.84. The molecule has 4 nitrogen and oxygen atoms in total. The molecular weight excluding hydrogens is 156 g/mol. The average Bonchev–Trinajstić information content (AvgIpc) is 1.85. The molecule has 0 aliphatic rings. The molecule has 0 rings (SSSR count). The first-order chi connectivity index (χ1) is 5.40. The zero-order valence-electron chi connectivity index (χ0n) is 7.96. The average molecular weight is 174 g/mol. The molecule has 0 fully saturated rings. The molecule has 0 aromatic carbocycles. The molecule has 0 saturated carbocycles. The van der Waals surface area contributed by atoms with Crippen molar-refractivity contribution >= 4 is 6.09 Å². The van der Waals surface area contributed by atoms with Gasteiger partial charge in [-0.1, -0.05) is 13.8 Å². The largest absolute Gasteiger partial charge is 0.446 e. The number of nitrogens with two attached hydrogens (primary N) is 2. The Morgan fingerprint density at radius 3 is 2.42 bits per heavy atom. The Kier molecular flexibility index (Phi) is 4.03. The van der Waals surface area contributed by atoms with Crippen LogP contribution in [0.25, 0.3) is 0 Å². The van der Waals surface area contributed by atoms with E-state index in [2.05, 4.69) is 0 Å². The summed E-state index contributed by atoms with van der Waals surface area (Å²) in [6.45, 7) is 6.39. The second-order valence-corrected chi connectivity index (χ2v) is 3.61. The van der Waals surface area contributed by atoms with E-state index < -0.39 is 6.09 Å². The topological polar surface area (TPSA) is 78.3 Å². The van der Waals surface area contributed by atoms with E-state index in [9.17, 15) is 4.79 Å². The maximum atomic E-state index is 10.4. The first-order valence-electron chi connectivity index (χ1n) is 4.06. The van der Waals surface area contributed by atoms with E-state index in [0.717, 1.165) is 6.42 Å².